The Morgan fingerprint density at radius 2 is 2.03 bits per heavy atom. The second kappa shape index (κ2) is 10.2. The van der Waals surface area contributed by atoms with Crippen molar-refractivity contribution in [2.75, 3.05) is 29.5 Å². The van der Waals surface area contributed by atoms with Crippen molar-refractivity contribution in [1.29, 1.82) is 0 Å². The Kier molecular flexibility index (Phi) is 7.05. The molecule has 0 amide bonds. The number of aliphatic hydroxyl groups is 3. The second-order valence-corrected chi connectivity index (χ2v) is 10.6. The molecule has 3 aromatic heterocycles. The minimum Gasteiger partial charge on any atom is -0.394 e. The van der Waals surface area contributed by atoms with Crippen molar-refractivity contribution in [3.8, 4) is 0 Å². The Morgan fingerprint density at radius 1 is 1.20 bits per heavy atom. The van der Waals surface area contributed by atoms with Crippen LogP contribution in [-0.4, -0.2) is 83.1 Å². The molecule has 0 aliphatic carbocycles. The molecule has 0 bridgehead atoms. The van der Waals surface area contributed by atoms with Crippen molar-refractivity contribution in [2.45, 2.75) is 48.8 Å². The number of imidazole rings is 1. The molecule has 4 aromatic rings. The van der Waals surface area contributed by atoms with E-state index in [-0.39, 0.29) is 6.04 Å². The molecule has 1 aliphatic rings. The van der Waals surface area contributed by atoms with Crippen LogP contribution in [0.1, 0.15) is 20.1 Å². The first kappa shape index (κ1) is 24.2. The molecule has 4 heterocycles. The standard InChI is InChI=1S/C22H27N7O4S2/c1-3-23-21-27-18(25-11(2)9-34-22-26-12-6-4-5-7-14(12)35-22)15-19(28-21)29(10-24-15)20-17(32)16(31)13(8-30)33-20/h4-7,10-11,13,16-17,20,30-32H,3,8-9H2,1-2H3,(H2,23,25,27,28)/t11-,13-,16?,17?,20-/m1/s1. The number of nitrogens with zero attached hydrogens (tertiary/aromatic N) is 5. The maximum atomic E-state index is 10.5. The largest absolute Gasteiger partial charge is 0.394 e. The number of hydrogen-bond donors (Lipinski definition) is 5. The molecule has 5 rings (SSSR count). The second-order valence-electron chi connectivity index (χ2n) is 8.28. The molecule has 0 spiro atoms. The highest BCUT2D eigenvalue weighted by Gasteiger charge is 2.44. The molecule has 1 aliphatic heterocycles. The summed E-state index contributed by atoms with van der Waals surface area (Å²) in [5.74, 6) is 1.72. The van der Waals surface area contributed by atoms with Crippen molar-refractivity contribution < 1.29 is 20.1 Å². The number of nitrogens with one attached hydrogen (secondary N) is 2. The normalized spacial score (nSPS) is 23.2. The molecule has 0 saturated carbocycles. The van der Waals surface area contributed by atoms with E-state index >= 15 is 0 Å². The monoisotopic (exact) mass is 517 g/mol. The van der Waals surface area contributed by atoms with Crippen LogP contribution >= 0.6 is 23.1 Å². The van der Waals surface area contributed by atoms with Gasteiger partial charge < -0.3 is 30.7 Å². The van der Waals surface area contributed by atoms with Gasteiger partial charge in [-0.25, -0.2) is 9.97 Å². The number of thioether (sulfide) groups is 1. The van der Waals surface area contributed by atoms with Gasteiger partial charge in [-0.3, -0.25) is 4.57 Å². The molecule has 35 heavy (non-hydrogen) atoms. The van der Waals surface area contributed by atoms with Crippen LogP contribution in [0.5, 0.6) is 0 Å². The number of aromatic nitrogens is 5. The van der Waals surface area contributed by atoms with Crippen LogP contribution in [0.3, 0.4) is 0 Å². The van der Waals surface area contributed by atoms with E-state index in [0.717, 1.165) is 15.6 Å². The van der Waals surface area contributed by atoms with E-state index in [1.54, 1.807) is 27.7 Å². The van der Waals surface area contributed by atoms with E-state index in [9.17, 15) is 15.3 Å². The van der Waals surface area contributed by atoms with Gasteiger partial charge >= 0.3 is 0 Å². The minimum atomic E-state index is -1.23. The molecule has 1 fully saturated rings. The van der Waals surface area contributed by atoms with E-state index in [0.29, 0.717) is 29.5 Å². The molecular formula is C22H27N7O4S2. The highest BCUT2D eigenvalue weighted by Crippen LogP contribution is 2.33. The molecule has 5 atom stereocenters. The molecule has 0 radical (unpaired) electrons. The van der Waals surface area contributed by atoms with Crippen molar-refractivity contribution in [2.24, 2.45) is 0 Å². The van der Waals surface area contributed by atoms with E-state index in [1.807, 2.05) is 25.1 Å². The fourth-order valence-corrected chi connectivity index (χ4v) is 5.98. The highest BCUT2D eigenvalue weighted by molar-refractivity contribution is 8.01. The molecule has 1 saturated heterocycles. The predicted octanol–water partition coefficient (Wildman–Crippen LogP) is 2.07. The maximum Gasteiger partial charge on any atom is 0.226 e. The van der Waals surface area contributed by atoms with Crippen LogP contribution in [0.25, 0.3) is 21.4 Å². The summed E-state index contributed by atoms with van der Waals surface area (Å²) in [6, 6.07) is 8.13. The van der Waals surface area contributed by atoms with Crippen molar-refractivity contribution in [1.82, 2.24) is 24.5 Å². The summed E-state index contributed by atoms with van der Waals surface area (Å²) < 4.78 is 9.42. The predicted molar refractivity (Wildman–Crippen MR) is 136 cm³/mol. The lowest BCUT2D eigenvalue weighted by molar-refractivity contribution is -0.0511. The molecule has 13 heteroatoms. The third-order valence-electron chi connectivity index (χ3n) is 5.66. The summed E-state index contributed by atoms with van der Waals surface area (Å²) in [5, 5.41) is 36.7. The van der Waals surface area contributed by atoms with Crippen molar-refractivity contribution >= 4 is 56.2 Å². The lowest BCUT2D eigenvalue weighted by Crippen LogP contribution is -2.33. The first-order chi connectivity index (χ1) is 17.0. The Labute approximate surface area is 209 Å². The van der Waals surface area contributed by atoms with Crippen LogP contribution in [0, 0.1) is 0 Å². The number of thiazole rings is 1. The summed E-state index contributed by atoms with van der Waals surface area (Å²) >= 11 is 3.35. The lowest BCUT2D eigenvalue weighted by atomic mass is 10.1. The van der Waals surface area contributed by atoms with Crippen LogP contribution in [0.4, 0.5) is 11.8 Å². The van der Waals surface area contributed by atoms with Gasteiger partial charge in [0.15, 0.2) is 27.5 Å². The zero-order valence-electron chi connectivity index (χ0n) is 19.2. The molecule has 2 unspecified atom stereocenters. The van der Waals surface area contributed by atoms with Crippen LogP contribution in [-0.2, 0) is 4.74 Å². The van der Waals surface area contributed by atoms with Gasteiger partial charge in [-0.05, 0) is 26.0 Å². The number of benzene rings is 1. The maximum absolute atomic E-state index is 10.5. The van der Waals surface area contributed by atoms with Crippen LogP contribution in [0.15, 0.2) is 34.9 Å². The van der Waals surface area contributed by atoms with E-state index in [4.69, 9.17) is 4.74 Å². The summed E-state index contributed by atoms with van der Waals surface area (Å²) in [7, 11) is 0. The number of hydrogen-bond acceptors (Lipinski definition) is 12. The quantitative estimate of drug-likeness (QED) is 0.208. The smallest absolute Gasteiger partial charge is 0.226 e. The number of para-hydroxylation sites is 1. The minimum absolute atomic E-state index is 0.0404. The average Bonchev–Trinajstić information content (AvgIpc) is 3.54. The highest BCUT2D eigenvalue weighted by atomic mass is 32.2. The Balaban J connectivity index is 1.38. The third-order valence-corrected chi connectivity index (χ3v) is 8.10. The summed E-state index contributed by atoms with van der Waals surface area (Å²) in [6.07, 6.45) is -2.77. The topological polar surface area (TPSA) is 150 Å². The van der Waals surface area contributed by atoms with Gasteiger partial charge in [0.2, 0.25) is 5.95 Å². The molecular weight excluding hydrogens is 490 g/mol. The third kappa shape index (κ3) is 4.79. The van der Waals surface area contributed by atoms with Gasteiger partial charge in [-0.2, -0.15) is 9.97 Å². The number of aliphatic hydroxyl groups excluding tert-OH is 3. The molecule has 11 nitrogen and oxygen atoms in total. The Hall–Kier alpha value is -2.55. The fraction of sp³-hybridized carbons (Fsp3) is 0.455. The fourth-order valence-electron chi connectivity index (χ4n) is 3.93. The first-order valence-electron chi connectivity index (χ1n) is 11.3. The molecule has 1 aromatic carbocycles. The van der Waals surface area contributed by atoms with E-state index < -0.39 is 31.1 Å². The number of fused-ring (bicyclic) bond motifs is 2. The SMILES string of the molecule is CCNc1nc(N[C@H](C)CSc2nc3ccccc3s2)c2ncn([C@@H]3O[C@H](CO)C(O)C3O)c2n1. The van der Waals surface area contributed by atoms with E-state index in [1.165, 1.54) is 11.0 Å². The van der Waals surface area contributed by atoms with Gasteiger partial charge in [0, 0.05) is 18.3 Å². The van der Waals surface area contributed by atoms with Gasteiger partial charge in [0.1, 0.15) is 18.3 Å². The Morgan fingerprint density at radius 3 is 2.77 bits per heavy atom. The average molecular weight is 518 g/mol. The summed E-state index contributed by atoms with van der Waals surface area (Å²) in [5.41, 5.74) is 1.96. The number of ether oxygens (including phenoxy) is 1. The molecule has 186 valence electrons. The van der Waals surface area contributed by atoms with Crippen molar-refractivity contribution in [3.63, 3.8) is 0 Å². The Bertz CT molecular complexity index is 1280. The zero-order chi connectivity index (χ0) is 24.5. The van der Waals surface area contributed by atoms with Gasteiger partial charge in [-0.15, -0.1) is 11.3 Å². The van der Waals surface area contributed by atoms with Gasteiger partial charge in [-0.1, -0.05) is 23.9 Å². The first-order valence-corrected chi connectivity index (χ1v) is 13.1. The van der Waals surface area contributed by atoms with Gasteiger partial charge in [0.05, 0.1) is 23.2 Å². The zero-order valence-corrected chi connectivity index (χ0v) is 20.8. The number of anilines is 2. The van der Waals surface area contributed by atoms with Gasteiger partial charge in [0.25, 0.3) is 0 Å². The van der Waals surface area contributed by atoms with E-state index in [2.05, 4.69) is 43.6 Å². The summed E-state index contributed by atoms with van der Waals surface area (Å²) in [6.45, 7) is 4.22. The van der Waals surface area contributed by atoms with Crippen LogP contribution in [0.2, 0.25) is 0 Å². The molecule has 5 N–H and O–H groups in total. The lowest BCUT2D eigenvalue weighted by Gasteiger charge is -2.18. The van der Waals surface area contributed by atoms with Crippen molar-refractivity contribution in [3.05, 3.63) is 30.6 Å². The van der Waals surface area contributed by atoms with Crippen LogP contribution < -0.4 is 10.6 Å². The number of rotatable bonds is 9. The summed E-state index contributed by atoms with van der Waals surface area (Å²) in [4.78, 5) is 18.3.